The number of aromatic nitrogens is 1. The molecule has 1 aromatic heterocycles. The van der Waals surface area contributed by atoms with Crippen LogP contribution in [-0.2, 0) is 16.1 Å². The van der Waals surface area contributed by atoms with E-state index in [0.717, 1.165) is 33.2 Å². The standard InChI is InChI=1S/C28H22FN3O2S/c1-17-7-12-22(13-18(17)2)32-27(34)24(26(33)30-28(32)35)14-20-16-31(25-6-4-3-5-23(20)25)15-19-8-10-21(29)11-9-19/h3-14,16H,15H2,1-2H3,(H,30,33,35)/b24-14+. The molecule has 4 aromatic rings. The van der Waals surface area contributed by atoms with Crippen LogP contribution in [0.4, 0.5) is 10.1 Å². The van der Waals surface area contributed by atoms with Crippen LogP contribution in [0.5, 0.6) is 0 Å². The minimum Gasteiger partial charge on any atom is -0.342 e. The zero-order chi connectivity index (χ0) is 24.7. The number of amides is 2. The molecule has 5 nitrogen and oxygen atoms in total. The van der Waals surface area contributed by atoms with Crippen LogP contribution in [0.25, 0.3) is 17.0 Å². The summed E-state index contributed by atoms with van der Waals surface area (Å²) in [6, 6.07) is 19.7. The predicted octanol–water partition coefficient (Wildman–Crippen LogP) is 5.28. The summed E-state index contributed by atoms with van der Waals surface area (Å²) in [6.07, 6.45) is 3.51. The number of fused-ring (bicyclic) bond motifs is 1. The molecular weight excluding hydrogens is 461 g/mol. The molecule has 0 spiro atoms. The average Bonchev–Trinajstić information content (AvgIpc) is 3.17. The number of anilines is 1. The molecule has 0 radical (unpaired) electrons. The summed E-state index contributed by atoms with van der Waals surface area (Å²) in [5, 5.41) is 3.60. The lowest BCUT2D eigenvalue weighted by Crippen LogP contribution is -2.54. The highest BCUT2D eigenvalue weighted by Crippen LogP contribution is 2.28. The lowest BCUT2D eigenvalue weighted by molar-refractivity contribution is -0.122. The molecule has 0 atom stereocenters. The van der Waals surface area contributed by atoms with Crippen molar-refractivity contribution in [1.82, 2.24) is 9.88 Å². The molecule has 0 aliphatic carbocycles. The summed E-state index contributed by atoms with van der Waals surface area (Å²) >= 11 is 5.34. The third-order valence-corrected chi connectivity index (χ3v) is 6.52. The molecule has 1 saturated heterocycles. The molecule has 1 aliphatic heterocycles. The van der Waals surface area contributed by atoms with Crippen molar-refractivity contribution in [2.75, 3.05) is 4.90 Å². The summed E-state index contributed by atoms with van der Waals surface area (Å²) in [6.45, 7) is 4.47. The van der Waals surface area contributed by atoms with Gasteiger partial charge >= 0.3 is 0 Å². The van der Waals surface area contributed by atoms with Crippen molar-refractivity contribution >= 4 is 51.8 Å². The molecule has 174 valence electrons. The van der Waals surface area contributed by atoms with Crippen molar-refractivity contribution in [3.8, 4) is 0 Å². The van der Waals surface area contributed by atoms with Crippen LogP contribution in [-0.4, -0.2) is 21.5 Å². The maximum absolute atomic E-state index is 13.5. The van der Waals surface area contributed by atoms with Gasteiger partial charge in [0, 0.05) is 29.2 Å². The average molecular weight is 484 g/mol. The van der Waals surface area contributed by atoms with E-state index in [1.807, 2.05) is 67.1 Å². The maximum Gasteiger partial charge on any atom is 0.270 e. The molecule has 1 fully saturated rings. The topological polar surface area (TPSA) is 54.3 Å². The highest BCUT2D eigenvalue weighted by molar-refractivity contribution is 7.80. The lowest BCUT2D eigenvalue weighted by atomic mass is 10.0. The number of rotatable bonds is 4. The van der Waals surface area contributed by atoms with E-state index in [0.29, 0.717) is 12.2 Å². The van der Waals surface area contributed by atoms with Gasteiger partial charge in [0.05, 0.1) is 5.69 Å². The number of benzene rings is 3. The first-order valence-corrected chi connectivity index (χ1v) is 11.5. The van der Waals surface area contributed by atoms with Crippen LogP contribution in [0.2, 0.25) is 0 Å². The van der Waals surface area contributed by atoms with Crippen molar-refractivity contribution in [2.45, 2.75) is 20.4 Å². The van der Waals surface area contributed by atoms with Gasteiger partial charge in [0.2, 0.25) is 0 Å². The Labute approximate surface area is 207 Å². The quantitative estimate of drug-likeness (QED) is 0.244. The largest absolute Gasteiger partial charge is 0.342 e. The van der Waals surface area contributed by atoms with E-state index in [2.05, 4.69) is 5.32 Å². The number of hydrogen-bond donors (Lipinski definition) is 1. The van der Waals surface area contributed by atoms with Crippen molar-refractivity contribution < 1.29 is 14.0 Å². The predicted molar refractivity (Wildman–Crippen MR) is 140 cm³/mol. The van der Waals surface area contributed by atoms with Crippen LogP contribution in [0.15, 0.2) is 78.5 Å². The molecule has 1 N–H and O–H groups in total. The van der Waals surface area contributed by atoms with E-state index in [-0.39, 0.29) is 16.5 Å². The molecule has 0 bridgehead atoms. The van der Waals surface area contributed by atoms with E-state index < -0.39 is 11.8 Å². The zero-order valence-corrected chi connectivity index (χ0v) is 20.0. The molecule has 0 unspecified atom stereocenters. The zero-order valence-electron chi connectivity index (χ0n) is 19.2. The number of halogens is 1. The highest BCUT2D eigenvalue weighted by atomic mass is 32.1. The first-order valence-electron chi connectivity index (χ1n) is 11.1. The summed E-state index contributed by atoms with van der Waals surface area (Å²) in [5.74, 6) is -1.29. The summed E-state index contributed by atoms with van der Waals surface area (Å²) in [5.41, 5.74) is 5.32. The Morgan fingerprint density at radius 3 is 2.46 bits per heavy atom. The van der Waals surface area contributed by atoms with Crippen LogP contribution in [0, 0.1) is 19.7 Å². The van der Waals surface area contributed by atoms with Crippen LogP contribution in [0.3, 0.4) is 0 Å². The van der Waals surface area contributed by atoms with Gasteiger partial charge < -0.3 is 4.57 Å². The smallest absolute Gasteiger partial charge is 0.270 e. The minimum atomic E-state index is -0.532. The molecule has 5 rings (SSSR count). The van der Waals surface area contributed by atoms with Gasteiger partial charge in [-0.3, -0.25) is 19.8 Å². The van der Waals surface area contributed by atoms with Crippen molar-refractivity contribution in [1.29, 1.82) is 0 Å². The molecule has 1 aliphatic rings. The van der Waals surface area contributed by atoms with E-state index >= 15 is 0 Å². The molecule has 0 saturated carbocycles. The van der Waals surface area contributed by atoms with Gasteiger partial charge in [-0.25, -0.2) is 4.39 Å². The number of nitrogens with one attached hydrogen (secondary N) is 1. The number of para-hydroxylation sites is 1. The molecule has 2 heterocycles. The summed E-state index contributed by atoms with van der Waals surface area (Å²) in [7, 11) is 0. The van der Waals surface area contributed by atoms with E-state index in [1.165, 1.54) is 17.0 Å². The molecule has 3 aromatic carbocycles. The Kier molecular flexibility index (Phi) is 5.78. The van der Waals surface area contributed by atoms with Crippen LogP contribution < -0.4 is 10.2 Å². The highest BCUT2D eigenvalue weighted by Gasteiger charge is 2.34. The SMILES string of the molecule is Cc1ccc(N2C(=O)/C(=C/c3cn(Cc4ccc(F)cc4)c4ccccc34)C(=O)NC2=S)cc1C. The Hall–Kier alpha value is -4.10. The van der Waals surface area contributed by atoms with Gasteiger partial charge in [0.25, 0.3) is 11.8 Å². The molecule has 7 heteroatoms. The van der Waals surface area contributed by atoms with Crippen molar-refractivity contribution in [3.63, 3.8) is 0 Å². The number of carbonyl (C=O) groups excluding carboxylic acids is 2. The van der Waals surface area contributed by atoms with E-state index in [9.17, 15) is 14.0 Å². The Morgan fingerprint density at radius 1 is 0.971 bits per heavy atom. The molecular formula is C28H22FN3O2S. The van der Waals surface area contributed by atoms with E-state index in [1.54, 1.807) is 18.2 Å². The normalized spacial score (nSPS) is 15.2. The number of thiocarbonyl (C=S) groups is 1. The molecule has 35 heavy (non-hydrogen) atoms. The number of hydrogen-bond acceptors (Lipinski definition) is 3. The van der Waals surface area contributed by atoms with Gasteiger partial charge in [-0.1, -0.05) is 36.4 Å². The number of carbonyl (C=O) groups is 2. The van der Waals surface area contributed by atoms with Gasteiger partial charge in [-0.2, -0.15) is 0 Å². The fourth-order valence-corrected chi connectivity index (χ4v) is 4.50. The maximum atomic E-state index is 13.5. The molecule has 2 amide bonds. The summed E-state index contributed by atoms with van der Waals surface area (Å²) < 4.78 is 15.4. The Morgan fingerprint density at radius 2 is 1.71 bits per heavy atom. The van der Waals surface area contributed by atoms with E-state index in [4.69, 9.17) is 12.2 Å². The van der Waals surface area contributed by atoms with Gasteiger partial charge in [0.15, 0.2) is 5.11 Å². The summed E-state index contributed by atoms with van der Waals surface area (Å²) in [4.78, 5) is 27.7. The fourth-order valence-electron chi connectivity index (χ4n) is 4.22. The van der Waals surface area contributed by atoms with Crippen LogP contribution in [0.1, 0.15) is 22.3 Å². The Bertz CT molecular complexity index is 1540. The van der Waals surface area contributed by atoms with Gasteiger partial charge in [-0.05, 0) is 79.2 Å². The Balaban J connectivity index is 1.56. The lowest BCUT2D eigenvalue weighted by Gasteiger charge is -2.29. The second-order valence-electron chi connectivity index (χ2n) is 8.58. The first-order chi connectivity index (χ1) is 16.8. The minimum absolute atomic E-state index is 0.00140. The fraction of sp³-hybridized carbons (Fsp3) is 0.107. The van der Waals surface area contributed by atoms with Gasteiger partial charge in [0.1, 0.15) is 11.4 Å². The van der Waals surface area contributed by atoms with Crippen molar-refractivity contribution in [2.24, 2.45) is 0 Å². The third-order valence-electron chi connectivity index (χ3n) is 6.24. The number of nitrogens with zero attached hydrogens (tertiary/aromatic N) is 2. The monoisotopic (exact) mass is 483 g/mol. The first kappa shape index (κ1) is 22.7. The van der Waals surface area contributed by atoms with Gasteiger partial charge in [-0.15, -0.1) is 0 Å². The van der Waals surface area contributed by atoms with Crippen LogP contribution >= 0.6 is 12.2 Å². The third kappa shape index (κ3) is 4.26. The second kappa shape index (κ2) is 8.92. The van der Waals surface area contributed by atoms with Crippen molar-refractivity contribution in [3.05, 3.63) is 107 Å². The number of aryl methyl sites for hydroxylation is 2. The second-order valence-corrected chi connectivity index (χ2v) is 8.97.